The number of rotatable bonds is 3. The van der Waals surface area contributed by atoms with Crippen molar-refractivity contribution < 1.29 is 17.9 Å². The zero-order valence-corrected chi connectivity index (χ0v) is 8.55. The van der Waals surface area contributed by atoms with E-state index in [4.69, 9.17) is 0 Å². The molecule has 0 spiro atoms. The zero-order chi connectivity index (χ0) is 10.6. The molecule has 1 saturated heterocycles. The van der Waals surface area contributed by atoms with Crippen LogP contribution in [0.15, 0.2) is 12.7 Å². The van der Waals surface area contributed by atoms with Gasteiger partial charge in [0.1, 0.15) is 6.61 Å². The van der Waals surface area contributed by atoms with Crippen molar-refractivity contribution in [1.29, 1.82) is 0 Å². The van der Waals surface area contributed by atoms with Crippen molar-refractivity contribution in [2.45, 2.75) is 12.5 Å². The number of hydrogen-bond donors (Lipinski definition) is 1. The van der Waals surface area contributed by atoms with Crippen molar-refractivity contribution in [2.24, 2.45) is 0 Å². The molecule has 0 aromatic rings. The molecule has 6 heteroatoms. The van der Waals surface area contributed by atoms with Gasteiger partial charge in [-0.3, -0.25) is 0 Å². The van der Waals surface area contributed by atoms with Crippen LogP contribution < -0.4 is 5.32 Å². The van der Waals surface area contributed by atoms with Crippen molar-refractivity contribution in [2.75, 3.05) is 18.1 Å². The van der Waals surface area contributed by atoms with E-state index < -0.39 is 15.9 Å². The van der Waals surface area contributed by atoms with E-state index in [0.717, 1.165) is 0 Å². The number of carbonyl (C=O) groups excluding carboxylic acids is 1. The first-order valence-corrected chi connectivity index (χ1v) is 6.10. The highest BCUT2D eigenvalue weighted by atomic mass is 32.2. The predicted molar refractivity (Wildman–Crippen MR) is 51.7 cm³/mol. The Kier molecular flexibility index (Phi) is 3.51. The van der Waals surface area contributed by atoms with Gasteiger partial charge >= 0.3 is 6.09 Å². The first-order chi connectivity index (χ1) is 6.53. The molecule has 1 rings (SSSR count). The second-order valence-corrected chi connectivity index (χ2v) is 5.36. The first kappa shape index (κ1) is 11.0. The lowest BCUT2D eigenvalue weighted by atomic mass is 10.3. The fourth-order valence-corrected chi connectivity index (χ4v) is 2.93. The minimum Gasteiger partial charge on any atom is -0.445 e. The third-order valence-electron chi connectivity index (χ3n) is 1.89. The summed E-state index contributed by atoms with van der Waals surface area (Å²) in [5.41, 5.74) is 0. The minimum atomic E-state index is -2.95. The summed E-state index contributed by atoms with van der Waals surface area (Å²) in [6.45, 7) is 3.52. The van der Waals surface area contributed by atoms with Gasteiger partial charge in [-0.15, -0.1) is 0 Å². The molecule has 1 aliphatic heterocycles. The Morgan fingerprint density at radius 3 is 2.86 bits per heavy atom. The fourth-order valence-electron chi connectivity index (χ4n) is 1.25. The van der Waals surface area contributed by atoms with E-state index in [1.165, 1.54) is 6.08 Å². The summed E-state index contributed by atoms with van der Waals surface area (Å²) in [6, 6.07) is -0.308. The van der Waals surface area contributed by atoms with Crippen LogP contribution in [0.5, 0.6) is 0 Å². The van der Waals surface area contributed by atoms with Gasteiger partial charge in [-0.2, -0.15) is 0 Å². The van der Waals surface area contributed by atoms with E-state index in [-0.39, 0.29) is 24.2 Å². The Balaban J connectivity index is 2.32. The molecule has 1 unspecified atom stereocenters. The Labute approximate surface area is 83.0 Å². The molecule has 5 nitrogen and oxygen atoms in total. The Morgan fingerprint density at radius 1 is 1.64 bits per heavy atom. The standard InChI is InChI=1S/C8H13NO4S/c1-2-4-13-8(10)9-7-3-5-14(11,12)6-7/h2,7H,1,3-6H2,(H,9,10). The maximum atomic E-state index is 11.0. The van der Waals surface area contributed by atoms with Crippen LogP contribution in [0.4, 0.5) is 4.79 Å². The quantitative estimate of drug-likeness (QED) is 0.682. The number of hydrogen-bond acceptors (Lipinski definition) is 4. The van der Waals surface area contributed by atoms with Crippen LogP contribution >= 0.6 is 0 Å². The second-order valence-electron chi connectivity index (χ2n) is 3.13. The Morgan fingerprint density at radius 2 is 2.36 bits per heavy atom. The lowest BCUT2D eigenvalue weighted by Crippen LogP contribution is -2.36. The summed E-state index contributed by atoms with van der Waals surface area (Å²) < 4.78 is 26.7. The van der Waals surface area contributed by atoms with Gasteiger partial charge in [0.2, 0.25) is 0 Å². The highest BCUT2D eigenvalue weighted by Crippen LogP contribution is 2.11. The minimum absolute atomic E-state index is 0.0101. The third kappa shape index (κ3) is 3.37. The van der Waals surface area contributed by atoms with E-state index in [2.05, 4.69) is 16.6 Å². The molecule has 1 aliphatic rings. The maximum absolute atomic E-state index is 11.0. The van der Waals surface area contributed by atoms with E-state index in [0.29, 0.717) is 6.42 Å². The fraction of sp³-hybridized carbons (Fsp3) is 0.625. The smallest absolute Gasteiger partial charge is 0.407 e. The molecular weight excluding hydrogens is 206 g/mol. The molecule has 1 heterocycles. The van der Waals surface area contributed by atoms with Crippen LogP contribution in [-0.4, -0.2) is 38.7 Å². The Hall–Kier alpha value is -1.04. The van der Waals surface area contributed by atoms with Crippen LogP contribution in [-0.2, 0) is 14.6 Å². The summed E-state index contributed by atoms with van der Waals surface area (Å²) in [7, 11) is -2.95. The first-order valence-electron chi connectivity index (χ1n) is 4.28. The number of nitrogens with one attached hydrogen (secondary N) is 1. The molecule has 0 aromatic heterocycles. The topological polar surface area (TPSA) is 72.5 Å². The van der Waals surface area contributed by atoms with Gasteiger partial charge in [0.15, 0.2) is 9.84 Å². The third-order valence-corrected chi connectivity index (χ3v) is 3.65. The van der Waals surface area contributed by atoms with Crippen LogP contribution in [0.1, 0.15) is 6.42 Å². The zero-order valence-electron chi connectivity index (χ0n) is 7.73. The van der Waals surface area contributed by atoms with Crippen molar-refractivity contribution in [3.05, 3.63) is 12.7 Å². The monoisotopic (exact) mass is 219 g/mol. The van der Waals surface area contributed by atoms with Gasteiger partial charge < -0.3 is 10.1 Å². The predicted octanol–water partition coefficient (Wildman–Crippen LogP) is 0.0857. The van der Waals surface area contributed by atoms with E-state index in [1.54, 1.807) is 0 Å². The van der Waals surface area contributed by atoms with Gasteiger partial charge in [0.25, 0.3) is 0 Å². The van der Waals surface area contributed by atoms with E-state index >= 15 is 0 Å². The van der Waals surface area contributed by atoms with Crippen LogP contribution in [0.3, 0.4) is 0 Å². The molecule has 80 valence electrons. The van der Waals surface area contributed by atoms with Gasteiger partial charge in [-0.1, -0.05) is 12.7 Å². The van der Waals surface area contributed by atoms with Gasteiger partial charge in [0, 0.05) is 6.04 Å². The molecule has 1 amide bonds. The van der Waals surface area contributed by atoms with Crippen LogP contribution in [0, 0.1) is 0 Å². The van der Waals surface area contributed by atoms with Crippen LogP contribution in [0.25, 0.3) is 0 Å². The molecule has 1 atom stereocenters. The molecule has 0 bridgehead atoms. The van der Waals surface area contributed by atoms with E-state index in [9.17, 15) is 13.2 Å². The lowest BCUT2D eigenvalue weighted by Gasteiger charge is -2.09. The summed E-state index contributed by atoms with van der Waals surface area (Å²) in [6.07, 6.45) is 1.32. The van der Waals surface area contributed by atoms with Gasteiger partial charge in [-0.25, -0.2) is 13.2 Å². The van der Waals surface area contributed by atoms with Gasteiger partial charge in [-0.05, 0) is 6.42 Å². The SMILES string of the molecule is C=CCOC(=O)NC1CCS(=O)(=O)C1. The summed E-state index contributed by atoms with van der Waals surface area (Å²) in [4.78, 5) is 11.0. The van der Waals surface area contributed by atoms with Crippen molar-refractivity contribution in [3.8, 4) is 0 Å². The molecule has 1 N–H and O–H groups in total. The lowest BCUT2D eigenvalue weighted by molar-refractivity contribution is 0.155. The highest BCUT2D eigenvalue weighted by molar-refractivity contribution is 7.91. The number of sulfone groups is 1. The molecule has 1 fully saturated rings. The van der Waals surface area contributed by atoms with E-state index in [1.807, 2.05) is 0 Å². The molecule has 0 aliphatic carbocycles. The molecule has 0 saturated carbocycles. The average molecular weight is 219 g/mol. The molecule has 0 radical (unpaired) electrons. The largest absolute Gasteiger partial charge is 0.445 e. The molecular formula is C8H13NO4S. The number of ether oxygens (including phenoxy) is 1. The van der Waals surface area contributed by atoms with Crippen molar-refractivity contribution >= 4 is 15.9 Å². The second kappa shape index (κ2) is 4.45. The average Bonchev–Trinajstić information content (AvgIpc) is 2.42. The molecule has 14 heavy (non-hydrogen) atoms. The van der Waals surface area contributed by atoms with Crippen molar-refractivity contribution in [1.82, 2.24) is 5.32 Å². The normalized spacial score (nSPS) is 24.1. The highest BCUT2D eigenvalue weighted by Gasteiger charge is 2.29. The molecule has 0 aromatic carbocycles. The van der Waals surface area contributed by atoms with Crippen LogP contribution in [0.2, 0.25) is 0 Å². The number of carbonyl (C=O) groups is 1. The maximum Gasteiger partial charge on any atom is 0.407 e. The Bertz CT molecular complexity index is 322. The summed E-state index contributed by atoms with van der Waals surface area (Å²) in [5.74, 6) is 0.148. The summed E-state index contributed by atoms with van der Waals surface area (Å²) in [5, 5.41) is 2.48. The number of amides is 1. The number of alkyl carbamates (subject to hydrolysis) is 1. The van der Waals surface area contributed by atoms with Gasteiger partial charge in [0.05, 0.1) is 11.5 Å². The summed E-state index contributed by atoms with van der Waals surface area (Å²) >= 11 is 0. The van der Waals surface area contributed by atoms with Crippen molar-refractivity contribution in [3.63, 3.8) is 0 Å².